The average Bonchev–Trinajstić information content (AvgIpc) is 2.58. The van der Waals surface area contributed by atoms with E-state index in [4.69, 9.17) is 13.9 Å². The van der Waals surface area contributed by atoms with E-state index in [0.717, 1.165) is 34.9 Å². The van der Waals surface area contributed by atoms with Crippen LogP contribution in [0.1, 0.15) is 32.8 Å². The van der Waals surface area contributed by atoms with Gasteiger partial charge in [0.05, 0.1) is 6.61 Å². The molecule has 0 amide bonds. The molecule has 0 unspecified atom stereocenters. The summed E-state index contributed by atoms with van der Waals surface area (Å²) in [4.78, 5) is 11.5. The molecule has 1 aliphatic rings. The molecule has 1 aliphatic heterocycles. The second kappa shape index (κ2) is 7.23. The van der Waals surface area contributed by atoms with Crippen LogP contribution in [0.3, 0.4) is 0 Å². The van der Waals surface area contributed by atoms with Crippen LogP contribution in [0.2, 0.25) is 0 Å². The maximum absolute atomic E-state index is 12.2. The van der Waals surface area contributed by atoms with Crippen molar-refractivity contribution in [3.63, 3.8) is 0 Å². The minimum atomic E-state index is -0.657. The second-order valence-corrected chi connectivity index (χ2v) is 6.94. The Hall–Kier alpha value is -1.95. The first-order valence-electron chi connectivity index (χ1n) is 8.64. The van der Waals surface area contributed by atoms with Crippen LogP contribution in [0.25, 0.3) is 22.1 Å². The van der Waals surface area contributed by atoms with Crippen LogP contribution in [-0.4, -0.2) is 6.61 Å². The molecule has 0 radical (unpaired) electrons. The van der Waals surface area contributed by atoms with Gasteiger partial charge in [0.15, 0.2) is 0 Å². The molecule has 0 atom stereocenters. The minimum Gasteiger partial charge on any atom is -0.872 e. The SMILES string of the molecule is CCCOc1ccc2c(c1)C(C)(C)Oc1cc3oc(=O)cc([O-])c3cc1-2.[Na+]. The third-order valence-electron chi connectivity index (χ3n) is 4.57. The molecule has 0 aliphatic carbocycles. The predicted molar refractivity (Wildman–Crippen MR) is 96.8 cm³/mol. The first-order chi connectivity index (χ1) is 12.4. The molecule has 0 spiro atoms. The summed E-state index contributed by atoms with van der Waals surface area (Å²) in [6, 6.07) is 10.2. The normalized spacial score (nSPS) is 13.9. The van der Waals surface area contributed by atoms with Crippen molar-refractivity contribution in [3.05, 3.63) is 52.4 Å². The quantitative estimate of drug-likeness (QED) is 0.504. The standard InChI is InChI=1S/C21H20O5.Na/c1-4-7-24-12-5-6-13-14-9-15-17(22)10-20(23)25-18(15)11-19(14)26-21(2,3)16(13)8-12;/h5-6,8-11,22H,4,7H2,1-3H3;/q;+1/p-1. The first kappa shape index (κ1) is 19.8. The number of benzene rings is 2. The van der Waals surface area contributed by atoms with E-state index in [2.05, 4.69) is 6.92 Å². The van der Waals surface area contributed by atoms with Crippen molar-refractivity contribution in [2.75, 3.05) is 6.61 Å². The predicted octanol–water partition coefficient (Wildman–Crippen LogP) is 0.954. The number of fused-ring (bicyclic) bond motifs is 4. The molecule has 27 heavy (non-hydrogen) atoms. The fourth-order valence-electron chi connectivity index (χ4n) is 3.35. The van der Waals surface area contributed by atoms with Crippen LogP contribution in [0.5, 0.6) is 17.2 Å². The van der Waals surface area contributed by atoms with Crippen LogP contribution in [0.15, 0.2) is 45.6 Å². The molecule has 134 valence electrons. The number of ether oxygens (including phenoxy) is 2. The number of hydrogen-bond donors (Lipinski definition) is 0. The van der Waals surface area contributed by atoms with E-state index in [1.54, 1.807) is 12.1 Å². The van der Waals surface area contributed by atoms with Gasteiger partial charge in [-0.25, -0.2) is 4.79 Å². The summed E-state index contributed by atoms with van der Waals surface area (Å²) in [6.45, 7) is 6.66. The van der Waals surface area contributed by atoms with Crippen molar-refractivity contribution in [3.8, 4) is 28.4 Å². The van der Waals surface area contributed by atoms with Gasteiger partial charge in [-0.3, -0.25) is 0 Å². The van der Waals surface area contributed by atoms with Crippen LogP contribution < -0.4 is 49.8 Å². The van der Waals surface area contributed by atoms with Crippen molar-refractivity contribution in [2.24, 2.45) is 0 Å². The van der Waals surface area contributed by atoms with Gasteiger partial charge in [0.2, 0.25) is 0 Å². The zero-order valence-electron chi connectivity index (χ0n) is 15.9. The molecule has 0 fully saturated rings. The molecule has 0 saturated heterocycles. The van der Waals surface area contributed by atoms with Crippen LogP contribution >= 0.6 is 0 Å². The summed E-state index contributed by atoms with van der Waals surface area (Å²) in [5.74, 6) is 1.03. The zero-order chi connectivity index (χ0) is 18.5. The molecular weight excluding hydrogens is 355 g/mol. The maximum atomic E-state index is 12.2. The van der Waals surface area contributed by atoms with E-state index in [1.165, 1.54) is 0 Å². The topological polar surface area (TPSA) is 71.7 Å². The van der Waals surface area contributed by atoms with Crippen molar-refractivity contribution >= 4 is 11.0 Å². The van der Waals surface area contributed by atoms with Crippen molar-refractivity contribution in [1.82, 2.24) is 0 Å². The number of rotatable bonds is 3. The van der Waals surface area contributed by atoms with Gasteiger partial charge in [-0.05, 0) is 44.0 Å². The molecule has 4 rings (SSSR count). The van der Waals surface area contributed by atoms with Crippen LogP contribution in [0, 0.1) is 0 Å². The summed E-state index contributed by atoms with van der Waals surface area (Å²) in [6.07, 6.45) is 0.934. The van der Waals surface area contributed by atoms with Gasteiger partial charge in [-0.2, -0.15) is 0 Å². The Morgan fingerprint density at radius 1 is 1.11 bits per heavy atom. The molecule has 3 aromatic rings. The van der Waals surface area contributed by atoms with Crippen molar-refractivity contribution in [2.45, 2.75) is 32.8 Å². The summed E-state index contributed by atoms with van der Waals surface area (Å²) in [5, 5.41) is 12.5. The van der Waals surface area contributed by atoms with E-state index >= 15 is 0 Å². The largest absolute Gasteiger partial charge is 1.00 e. The van der Waals surface area contributed by atoms with Gasteiger partial charge >= 0.3 is 35.2 Å². The monoisotopic (exact) mass is 374 g/mol. The third kappa shape index (κ3) is 3.47. The Balaban J connectivity index is 0.00000210. The van der Waals surface area contributed by atoms with E-state index in [-0.39, 0.29) is 40.9 Å². The van der Waals surface area contributed by atoms with Gasteiger partial charge in [0.1, 0.15) is 22.7 Å². The Morgan fingerprint density at radius 2 is 1.89 bits per heavy atom. The second-order valence-electron chi connectivity index (χ2n) is 6.94. The molecular formula is C21H19NaO5. The first-order valence-corrected chi connectivity index (χ1v) is 8.64. The fourth-order valence-corrected chi connectivity index (χ4v) is 3.35. The van der Waals surface area contributed by atoms with Gasteiger partial charge in [-0.15, -0.1) is 0 Å². The van der Waals surface area contributed by atoms with Crippen LogP contribution in [-0.2, 0) is 5.60 Å². The Kier molecular flexibility index (Phi) is 5.30. The average molecular weight is 374 g/mol. The molecule has 0 saturated carbocycles. The molecule has 0 N–H and O–H groups in total. The molecule has 6 heteroatoms. The molecule has 1 aromatic heterocycles. The minimum absolute atomic E-state index is 0. The molecule has 2 aromatic carbocycles. The summed E-state index contributed by atoms with van der Waals surface area (Å²) >= 11 is 0. The Labute approximate surface area is 179 Å². The molecule has 2 heterocycles. The third-order valence-corrected chi connectivity index (χ3v) is 4.57. The molecule has 5 nitrogen and oxygen atoms in total. The summed E-state index contributed by atoms with van der Waals surface area (Å²) in [5.41, 5.74) is 1.77. The van der Waals surface area contributed by atoms with Gasteiger partial charge in [0, 0.05) is 28.6 Å². The van der Waals surface area contributed by atoms with Gasteiger partial charge < -0.3 is 19.0 Å². The molecule has 0 bridgehead atoms. The Bertz CT molecular complexity index is 1070. The smallest absolute Gasteiger partial charge is 0.872 e. The van der Waals surface area contributed by atoms with E-state index in [0.29, 0.717) is 17.7 Å². The van der Waals surface area contributed by atoms with E-state index in [1.807, 2.05) is 32.0 Å². The van der Waals surface area contributed by atoms with Crippen molar-refractivity contribution < 1.29 is 48.6 Å². The van der Waals surface area contributed by atoms with Crippen molar-refractivity contribution in [1.29, 1.82) is 0 Å². The zero-order valence-corrected chi connectivity index (χ0v) is 17.9. The maximum Gasteiger partial charge on any atom is 1.00 e. The summed E-state index contributed by atoms with van der Waals surface area (Å²) < 4.78 is 17.1. The van der Waals surface area contributed by atoms with Gasteiger partial charge in [0.25, 0.3) is 0 Å². The summed E-state index contributed by atoms with van der Waals surface area (Å²) in [7, 11) is 0. The number of hydrogen-bond acceptors (Lipinski definition) is 5. The fraction of sp³-hybridized carbons (Fsp3) is 0.286. The van der Waals surface area contributed by atoms with Crippen LogP contribution in [0.4, 0.5) is 0 Å². The van der Waals surface area contributed by atoms with Gasteiger partial charge in [-0.1, -0.05) is 18.7 Å². The Morgan fingerprint density at radius 3 is 2.63 bits per heavy atom. The van der Waals surface area contributed by atoms with E-state index < -0.39 is 11.2 Å². The van der Waals surface area contributed by atoms with E-state index in [9.17, 15) is 9.90 Å².